The van der Waals surface area contributed by atoms with Crippen LogP contribution in [0.15, 0.2) is 61.4 Å². The zero-order chi connectivity index (χ0) is 22.9. The molecule has 9 nitrogen and oxygen atoms in total. The number of hydrogen-bond donors (Lipinski definition) is 1. The van der Waals surface area contributed by atoms with Crippen molar-refractivity contribution in [3.63, 3.8) is 0 Å². The fourth-order valence-corrected chi connectivity index (χ4v) is 4.34. The molecule has 1 aliphatic rings. The molecular weight excluding hydrogens is 450 g/mol. The van der Waals surface area contributed by atoms with Crippen LogP contribution in [-0.4, -0.2) is 45.7 Å². The third-order valence-electron chi connectivity index (χ3n) is 6.25. The molecule has 0 aromatic carbocycles. The van der Waals surface area contributed by atoms with E-state index < -0.39 is 0 Å². The van der Waals surface area contributed by atoms with E-state index in [1.807, 2.05) is 12.3 Å². The highest BCUT2D eigenvalue weighted by atomic mass is 35.5. The smallest absolute Gasteiger partial charge is 0.151 e. The zero-order valence-electron chi connectivity index (χ0n) is 18.5. The number of rotatable bonds is 8. The standard InChI is InChI=1S/C24H24ClN9/c25-23-6-7-34(30-23)21-8-19(11-27-12-21)22-16-33(31-29-22)15-20-14-32-13-18(4-5-24(32)28-20)10-26-9-17-2-1-3-17/h4-8,11-14,16-17,26H,1-3,9-10,15H2. The number of imidazole rings is 1. The second kappa shape index (κ2) is 9.00. The summed E-state index contributed by atoms with van der Waals surface area (Å²) in [6.45, 7) is 2.52. The lowest BCUT2D eigenvalue weighted by molar-refractivity contribution is 0.301. The number of hydrogen-bond acceptors (Lipinski definition) is 6. The normalized spacial score (nSPS) is 14.0. The number of fused-ring (bicyclic) bond motifs is 1. The van der Waals surface area contributed by atoms with Crippen LogP contribution >= 0.6 is 11.6 Å². The maximum absolute atomic E-state index is 5.94. The minimum atomic E-state index is 0.431. The van der Waals surface area contributed by atoms with E-state index in [0.29, 0.717) is 11.7 Å². The van der Waals surface area contributed by atoms with Gasteiger partial charge in [0, 0.05) is 36.9 Å². The van der Waals surface area contributed by atoms with Crippen molar-refractivity contribution in [3.8, 4) is 16.9 Å². The summed E-state index contributed by atoms with van der Waals surface area (Å²) in [6.07, 6.45) is 15.5. The molecule has 5 aromatic heterocycles. The number of nitrogens with one attached hydrogen (secondary N) is 1. The number of pyridine rings is 2. The molecule has 1 N–H and O–H groups in total. The highest BCUT2D eigenvalue weighted by molar-refractivity contribution is 6.29. The van der Waals surface area contributed by atoms with Gasteiger partial charge in [-0.15, -0.1) is 5.10 Å². The Bertz CT molecular complexity index is 1430. The molecule has 10 heteroatoms. The summed E-state index contributed by atoms with van der Waals surface area (Å²) in [7, 11) is 0. The van der Waals surface area contributed by atoms with Crippen LogP contribution in [0.3, 0.4) is 0 Å². The lowest BCUT2D eigenvalue weighted by Gasteiger charge is -2.25. The summed E-state index contributed by atoms with van der Waals surface area (Å²) < 4.78 is 5.54. The molecular formula is C24H24ClN9. The lowest BCUT2D eigenvalue weighted by atomic mass is 9.85. The van der Waals surface area contributed by atoms with Crippen LogP contribution in [-0.2, 0) is 13.1 Å². The van der Waals surface area contributed by atoms with Gasteiger partial charge in [-0.2, -0.15) is 5.10 Å². The van der Waals surface area contributed by atoms with Crippen molar-refractivity contribution in [1.29, 1.82) is 0 Å². The van der Waals surface area contributed by atoms with Crippen LogP contribution in [0.1, 0.15) is 30.5 Å². The highest BCUT2D eigenvalue weighted by Gasteiger charge is 2.16. The first-order chi connectivity index (χ1) is 16.7. The van der Waals surface area contributed by atoms with Crippen molar-refractivity contribution in [3.05, 3.63) is 77.9 Å². The molecule has 0 atom stereocenters. The Labute approximate surface area is 201 Å². The zero-order valence-corrected chi connectivity index (χ0v) is 19.3. The van der Waals surface area contributed by atoms with Crippen molar-refractivity contribution in [1.82, 2.24) is 44.5 Å². The van der Waals surface area contributed by atoms with Crippen LogP contribution in [0, 0.1) is 5.92 Å². The summed E-state index contributed by atoms with van der Waals surface area (Å²) in [5, 5.41) is 16.8. The van der Waals surface area contributed by atoms with Gasteiger partial charge in [0.15, 0.2) is 5.15 Å². The van der Waals surface area contributed by atoms with E-state index in [1.54, 1.807) is 34.0 Å². The molecule has 172 valence electrons. The van der Waals surface area contributed by atoms with E-state index in [1.165, 1.54) is 24.8 Å². The number of halogens is 1. The Morgan fingerprint density at radius 1 is 1.09 bits per heavy atom. The summed E-state index contributed by atoms with van der Waals surface area (Å²) >= 11 is 5.94. The fraction of sp³-hybridized carbons (Fsp3) is 0.292. The van der Waals surface area contributed by atoms with Crippen LogP contribution in [0.2, 0.25) is 5.15 Å². The van der Waals surface area contributed by atoms with Crippen molar-refractivity contribution < 1.29 is 0 Å². The molecule has 1 aliphatic carbocycles. The fourth-order valence-electron chi connectivity index (χ4n) is 4.20. The summed E-state index contributed by atoms with van der Waals surface area (Å²) in [5.74, 6) is 0.860. The Balaban J connectivity index is 1.15. The van der Waals surface area contributed by atoms with Crippen LogP contribution < -0.4 is 5.32 Å². The molecule has 1 fully saturated rings. The van der Waals surface area contributed by atoms with Gasteiger partial charge in [0.2, 0.25) is 0 Å². The molecule has 5 heterocycles. The molecule has 0 bridgehead atoms. The maximum atomic E-state index is 5.94. The average molecular weight is 474 g/mol. The Kier molecular flexibility index (Phi) is 5.56. The van der Waals surface area contributed by atoms with Gasteiger partial charge in [-0.05, 0) is 49.1 Å². The van der Waals surface area contributed by atoms with Gasteiger partial charge in [-0.3, -0.25) is 4.98 Å². The van der Waals surface area contributed by atoms with Gasteiger partial charge >= 0.3 is 0 Å². The molecule has 0 aliphatic heterocycles. The van der Waals surface area contributed by atoms with Crippen molar-refractivity contribution in [2.24, 2.45) is 5.92 Å². The number of aromatic nitrogens is 8. The largest absolute Gasteiger partial charge is 0.312 e. The molecule has 1 saturated carbocycles. The van der Waals surface area contributed by atoms with Gasteiger partial charge in [0.1, 0.15) is 11.3 Å². The minimum Gasteiger partial charge on any atom is -0.312 e. The van der Waals surface area contributed by atoms with Gasteiger partial charge in [-0.1, -0.05) is 29.3 Å². The van der Waals surface area contributed by atoms with Crippen LogP contribution in [0.5, 0.6) is 0 Å². The Morgan fingerprint density at radius 2 is 2.03 bits per heavy atom. The molecule has 0 spiro atoms. The van der Waals surface area contributed by atoms with Crippen molar-refractivity contribution in [2.75, 3.05) is 6.54 Å². The second-order valence-electron chi connectivity index (χ2n) is 8.78. The van der Waals surface area contributed by atoms with E-state index in [4.69, 9.17) is 16.6 Å². The monoisotopic (exact) mass is 473 g/mol. The third kappa shape index (κ3) is 4.44. The first kappa shape index (κ1) is 21.0. The van der Waals surface area contributed by atoms with Gasteiger partial charge < -0.3 is 9.72 Å². The van der Waals surface area contributed by atoms with Crippen molar-refractivity contribution in [2.45, 2.75) is 32.4 Å². The SMILES string of the molecule is Clc1ccn(-c2cncc(-c3cn(Cc4cn5cc(CNCC6CCC6)ccc5n4)nn3)c2)n1. The molecule has 5 aromatic rings. The second-order valence-corrected chi connectivity index (χ2v) is 9.17. The summed E-state index contributed by atoms with van der Waals surface area (Å²) in [5.41, 5.74) is 5.49. The number of nitrogens with zero attached hydrogens (tertiary/aromatic N) is 8. The predicted octanol–water partition coefficient (Wildman–Crippen LogP) is 3.76. The molecule has 34 heavy (non-hydrogen) atoms. The van der Waals surface area contributed by atoms with E-state index in [0.717, 1.165) is 47.3 Å². The van der Waals surface area contributed by atoms with E-state index in [-0.39, 0.29) is 0 Å². The first-order valence-corrected chi connectivity index (χ1v) is 11.8. The summed E-state index contributed by atoms with van der Waals surface area (Å²) in [4.78, 5) is 9.05. The molecule has 0 amide bonds. The van der Waals surface area contributed by atoms with Gasteiger partial charge in [-0.25, -0.2) is 14.3 Å². The van der Waals surface area contributed by atoms with E-state index in [2.05, 4.69) is 54.6 Å². The maximum Gasteiger partial charge on any atom is 0.151 e. The van der Waals surface area contributed by atoms with E-state index >= 15 is 0 Å². The first-order valence-electron chi connectivity index (χ1n) is 11.4. The quantitative estimate of drug-likeness (QED) is 0.369. The molecule has 0 unspecified atom stereocenters. The topological polar surface area (TPSA) is 90.8 Å². The van der Waals surface area contributed by atoms with Crippen LogP contribution in [0.4, 0.5) is 0 Å². The molecule has 6 rings (SSSR count). The third-order valence-corrected chi connectivity index (χ3v) is 6.45. The lowest BCUT2D eigenvalue weighted by Crippen LogP contribution is -2.26. The predicted molar refractivity (Wildman–Crippen MR) is 129 cm³/mol. The Hall–Kier alpha value is -3.56. The van der Waals surface area contributed by atoms with E-state index in [9.17, 15) is 0 Å². The Morgan fingerprint density at radius 3 is 2.85 bits per heavy atom. The molecule has 0 saturated heterocycles. The molecule has 0 radical (unpaired) electrons. The van der Waals surface area contributed by atoms with Gasteiger partial charge in [0.05, 0.1) is 30.3 Å². The minimum absolute atomic E-state index is 0.431. The summed E-state index contributed by atoms with van der Waals surface area (Å²) in [6, 6.07) is 7.89. The highest BCUT2D eigenvalue weighted by Crippen LogP contribution is 2.25. The van der Waals surface area contributed by atoms with Crippen molar-refractivity contribution >= 4 is 17.2 Å². The average Bonchev–Trinajstić information content (AvgIpc) is 3.55. The van der Waals surface area contributed by atoms with Crippen LogP contribution in [0.25, 0.3) is 22.6 Å². The van der Waals surface area contributed by atoms with Gasteiger partial charge in [0.25, 0.3) is 0 Å².